The van der Waals surface area contributed by atoms with Gasteiger partial charge in [0.05, 0.1) is 0 Å². The Kier molecular flexibility index (Phi) is 6.81. The van der Waals surface area contributed by atoms with E-state index in [1.165, 1.54) is 29.7 Å². The zero-order valence-electron chi connectivity index (χ0n) is 10.4. The molecule has 1 aliphatic rings. The zero-order valence-corrected chi connectivity index (χ0v) is 13.3. The van der Waals surface area contributed by atoms with Gasteiger partial charge in [0.15, 0.2) is 0 Å². The lowest BCUT2D eigenvalue weighted by molar-refractivity contribution is 0.404. The van der Waals surface area contributed by atoms with Crippen molar-refractivity contribution in [2.45, 2.75) is 40.0 Å². The first kappa shape index (κ1) is 14.4. The van der Waals surface area contributed by atoms with Crippen LogP contribution < -0.4 is 0 Å². The molecule has 0 aromatic rings. The molecule has 0 N–H and O–H groups in total. The van der Waals surface area contributed by atoms with Gasteiger partial charge in [0.1, 0.15) is 0 Å². The van der Waals surface area contributed by atoms with Gasteiger partial charge < -0.3 is 0 Å². The van der Waals surface area contributed by atoms with E-state index < -0.39 is 0 Å². The molecule has 0 aromatic heterocycles. The molecule has 0 amide bonds. The summed E-state index contributed by atoms with van der Waals surface area (Å²) in [4.78, 5) is 1.41. The van der Waals surface area contributed by atoms with Gasteiger partial charge in [-0.2, -0.15) is 0 Å². The Balaban J connectivity index is 2.34. The number of allylic oxidation sites excluding steroid dienone is 5. The molecule has 0 fully saturated rings. The fourth-order valence-electron chi connectivity index (χ4n) is 1.95. The maximum atomic E-state index is 2.40. The van der Waals surface area contributed by atoms with Crippen molar-refractivity contribution in [3.63, 3.8) is 0 Å². The third kappa shape index (κ3) is 5.09. The Morgan fingerprint density at radius 1 is 1.62 bits per heavy atom. The minimum absolute atomic E-state index is 0.748. The van der Waals surface area contributed by atoms with Crippen LogP contribution >= 0.6 is 30.1 Å². The molecule has 0 heterocycles. The summed E-state index contributed by atoms with van der Waals surface area (Å²) in [6, 6.07) is 0. The molecular formula is C14H21IS. The summed E-state index contributed by atoms with van der Waals surface area (Å²) >= 11 is 2.35. The maximum Gasteiger partial charge on any atom is 0.0136 e. The molecule has 0 unspecified atom stereocenters. The van der Waals surface area contributed by atoms with Crippen LogP contribution in [0.3, 0.4) is 0 Å². The Morgan fingerprint density at radius 2 is 2.38 bits per heavy atom. The number of halogens is 1. The van der Waals surface area contributed by atoms with Crippen LogP contribution in [0.15, 0.2) is 34.8 Å². The Bertz CT molecular complexity index is 298. The summed E-state index contributed by atoms with van der Waals surface area (Å²) in [7, 11) is 1.82. The number of hydrogen-bond donors (Lipinski definition) is 0. The van der Waals surface area contributed by atoms with E-state index >= 15 is 0 Å². The second-order valence-electron chi connectivity index (χ2n) is 4.78. The smallest absolute Gasteiger partial charge is 0.0136 e. The maximum absolute atomic E-state index is 2.40. The topological polar surface area (TPSA) is 0 Å². The van der Waals surface area contributed by atoms with Crippen molar-refractivity contribution in [2.24, 2.45) is 11.8 Å². The highest BCUT2D eigenvalue weighted by atomic mass is 127. The Morgan fingerprint density at radius 3 is 2.88 bits per heavy atom. The van der Waals surface area contributed by atoms with Gasteiger partial charge in [-0.15, -0.1) is 0 Å². The van der Waals surface area contributed by atoms with Gasteiger partial charge in [-0.05, 0) is 44.9 Å². The van der Waals surface area contributed by atoms with E-state index in [1.807, 2.05) is 8.93 Å². The van der Waals surface area contributed by atoms with Crippen molar-refractivity contribution in [3.05, 3.63) is 34.8 Å². The van der Waals surface area contributed by atoms with E-state index in [-0.39, 0.29) is 0 Å². The van der Waals surface area contributed by atoms with Gasteiger partial charge in [0, 0.05) is 26.1 Å². The molecule has 2 atom stereocenters. The standard InChI is InChI=1S/C14H21IS/c1-11(2)5-4-6-12(3)13-7-9-14(16-15)10-8-13/h5,7,9-10,12-13H,4,6,8H2,1-3H3/t12-,13+/m0/s1. The molecule has 90 valence electrons. The fraction of sp³-hybridized carbons (Fsp3) is 0.571. The van der Waals surface area contributed by atoms with E-state index in [0.29, 0.717) is 0 Å². The van der Waals surface area contributed by atoms with Gasteiger partial charge in [-0.3, -0.25) is 0 Å². The van der Waals surface area contributed by atoms with Gasteiger partial charge >= 0.3 is 0 Å². The van der Waals surface area contributed by atoms with Crippen molar-refractivity contribution in [1.29, 1.82) is 0 Å². The predicted octanol–water partition coefficient (Wildman–Crippen LogP) is 5.91. The highest BCUT2D eigenvalue weighted by Crippen LogP contribution is 2.33. The van der Waals surface area contributed by atoms with Crippen LogP contribution in [-0.2, 0) is 0 Å². The molecular weight excluding hydrogens is 327 g/mol. The summed E-state index contributed by atoms with van der Waals surface area (Å²) in [6.07, 6.45) is 13.2. The van der Waals surface area contributed by atoms with Crippen molar-refractivity contribution in [2.75, 3.05) is 0 Å². The van der Waals surface area contributed by atoms with E-state index in [1.54, 1.807) is 0 Å². The first-order valence-corrected chi connectivity index (χ1v) is 9.29. The van der Waals surface area contributed by atoms with Gasteiger partial charge in [-0.25, -0.2) is 0 Å². The van der Waals surface area contributed by atoms with Crippen LogP contribution in [0.4, 0.5) is 0 Å². The van der Waals surface area contributed by atoms with Crippen LogP contribution in [0.5, 0.6) is 0 Å². The van der Waals surface area contributed by atoms with Crippen molar-refractivity contribution >= 4 is 30.1 Å². The second-order valence-corrected chi connectivity index (χ2v) is 6.73. The third-order valence-corrected chi connectivity index (χ3v) is 5.10. The molecule has 0 spiro atoms. The van der Waals surface area contributed by atoms with E-state index in [9.17, 15) is 0 Å². The molecule has 2 heteroatoms. The van der Waals surface area contributed by atoms with Gasteiger partial charge in [0.2, 0.25) is 0 Å². The normalized spacial score (nSPS) is 21.5. The highest BCUT2D eigenvalue weighted by molar-refractivity contribution is 14.2. The van der Waals surface area contributed by atoms with Crippen molar-refractivity contribution in [1.82, 2.24) is 0 Å². The molecule has 16 heavy (non-hydrogen) atoms. The molecule has 0 aliphatic heterocycles. The van der Waals surface area contributed by atoms with Crippen molar-refractivity contribution in [3.8, 4) is 0 Å². The van der Waals surface area contributed by atoms with Crippen LogP contribution in [0.25, 0.3) is 0 Å². The lowest BCUT2D eigenvalue weighted by Gasteiger charge is -2.22. The average Bonchev–Trinajstić information content (AvgIpc) is 2.28. The number of hydrogen-bond acceptors (Lipinski definition) is 1. The minimum atomic E-state index is 0.748. The van der Waals surface area contributed by atoms with Crippen LogP contribution in [0.2, 0.25) is 0 Å². The SMILES string of the molecule is CC(C)=CCC[C@H](C)[C@@H]1C=CC(SI)=CC1. The largest absolute Gasteiger partial charge is 0.0859 e. The van der Waals surface area contributed by atoms with E-state index in [4.69, 9.17) is 0 Å². The van der Waals surface area contributed by atoms with E-state index in [2.05, 4.69) is 66.3 Å². The first-order chi connectivity index (χ1) is 7.63. The summed E-state index contributed by atoms with van der Waals surface area (Å²) < 4.78 is 0. The summed E-state index contributed by atoms with van der Waals surface area (Å²) in [5, 5.41) is 0. The first-order valence-electron chi connectivity index (χ1n) is 5.93. The Labute approximate surface area is 116 Å². The van der Waals surface area contributed by atoms with Crippen LogP contribution in [0, 0.1) is 11.8 Å². The highest BCUT2D eigenvalue weighted by Gasteiger charge is 2.15. The molecule has 1 rings (SSSR count). The minimum Gasteiger partial charge on any atom is -0.0859 e. The van der Waals surface area contributed by atoms with Gasteiger partial charge in [-0.1, -0.05) is 45.7 Å². The molecule has 1 aliphatic carbocycles. The van der Waals surface area contributed by atoms with Gasteiger partial charge in [0.25, 0.3) is 0 Å². The lowest BCUT2D eigenvalue weighted by atomic mass is 9.85. The molecule has 0 nitrogen and oxygen atoms in total. The van der Waals surface area contributed by atoms with E-state index in [0.717, 1.165) is 11.8 Å². The molecule has 0 saturated carbocycles. The lowest BCUT2D eigenvalue weighted by Crippen LogP contribution is -2.10. The summed E-state index contributed by atoms with van der Waals surface area (Å²) in [6.45, 7) is 6.74. The zero-order chi connectivity index (χ0) is 12.0. The second kappa shape index (κ2) is 7.59. The number of rotatable bonds is 5. The molecule has 0 aromatic carbocycles. The summed E-state index contributed by atoms with van der Waals surface area (Å²) in [5.41, 5.74) is 1.44. The Hall–Kier alpha value is 0.300. The average molecular weight is 348 g/mol. The fourth-order valence-corrected chi connectivity index (χ4v) is 3.21. The molecule has 0 radical (unpaired) electrons. The molecule has 0 saturated heterocycles. The molecule has 0 bridgehead atoms. The van der Waals surface area contributed by atoms with Crippen molar-refractivity contribution < 1.29 is 0 Å². The monoisotopic (exact) mass is 348 g/mol. The predicted molar refractivity (Wildman–Crippen MR) is 84.8 cm³/mol. The quantitative estimate of drug-likeness (QED) is 0.439. The third-order valence-electron chi connectivity index (χ3n) is 3.09. The van der Waals surface area contributed by atoms with Crippen LogP contribution in [0.1, 0.15) is 40.0 Å². The summed E-state index contributed by atoms with van der Waals surface area (Å²) in [5.74, 6) is 1.54. The van der Waals surface area contributed by atoms with Crippen LogP contribution in [-0.4, -0.2) is 0 Å².